The van der Waals surface area contributed by atoms with Gasteiger partial charge in [-0.15, -0.1) is 0 Å². The van der Waals surface area contributed by atoms with Crippen LogP contribution >= 0.6 is 0 Å². The molecule has 0 bridgehead atoms. The van der Waals surface area contributed by atoms with Crippen LogP contribution < -0.4 is 9.47 Å². The van der Waals surface area contributed by atoms with E-state index in [1.165, 1.54) is 27.8 Å². The minimum Gasteiger partial charge on any atom is -0.455 e. The van der Waals surface area contributed by atoms with E-state index in [0.717, 1.165) is 68.2 Å². The third kappa shape index (κ3) is 5.62. The zero-order chi connectivity index (χ0) is 42.2. The Morgan fingerprint density at radius 2 is 1.06 bits per heavy atom. The topological polar surface area (TPSA) is 70.3 Å². The minimum absolute atomic E-state index is 0.462. The highest BCUT2D eigenvalue weighted by molar-refractivity contribution is 6.09. The second-order valence-electron chi connectivity index (χ2n) is 16.6. The number of allylic oxidation sites excluding steroid dienone is 4. The largest absolute Gasteiger partial charge is 0.455 e. The number of furan rings is 1. The average molecular weight is 824 g/mol. The van der Waals surface area contributed by atoms with Crippen LogP contribution in [0.3, 0.4) is 0 Å². The van der Waals surface area contributed by atoms with Crippen LogP contribution in [0.1, 0.15) is 29.5 Å². The van der Waals surface area contributed by atoms with Gasteiger partial charge < -0.3 is 13.9 Å². The predicted octanol–water partition coefficient (Wildman–Crippen LogP) is 14.9. The van der Waals surface area contributed by atoms with Crippen LogP contribution in [0, 0.1) is 0 Å². The molecule has 13 rings (SSSR count). The average Bonchev–Trinajstić information content (AvgIpc) is 3.89. The molecule has 0 amide bonds. The summed E-state index contributed by atoms with van der Waals surface area (Å²) in [4.78, 5) is 15.1. The Balaban J connectivity index is 0.886. The maximum absolute atomic E-state index is 6.80. The van der Waals surface area contributed by atoms with E-state index >= 15 is 0 Å². The first-order valence-corrected chi connectivity index (χ1v) is 21.7. The first-order valence-electron chi connectivity index (χ1n) is 21.7. The molecule has 0 saturated heterocycles. The Morgan fingerprint density at radius 1 is 0.438 bits per heavy atom. The quantitative estimate of drug-likeness (QED) is 0.166. The molecular weight excluding hydrogens is 787 g/mol. The summed E-state index contributed by atoms with van der Waals surface area (Å²) in [7, 11) is 0. The van der Waals surface area contributed by atoms with Gasteiger partial charge in [-0.05, 0) is 82.6 Å². The summed E-state index contributed by atoms with van der Waals surface area (Å²) in [6, 6.07) is 62.8. The van der Waals surface area contributed by atoms with Gasteiger partial charge in [-0.25, -0.2) is 15.0 Å². The van der Waals surface area contributed by atoms with Crippen LogP contribution in [0.15, 0.2) is 210 Å². The molecule has 1 aliphatic heterocycles. The molecule has 8 aromatic carbocycles. The standard InChI is InChI=1S/C58H37N3O3/c1-4-15-37(16-5-1)55-59-56(38-29-27-36(28-30-38)42-23-14-24-45-44-22-11-13-26-49(44)64-54(42)45)61-57(60-55)39-31-32-50-51(33-39)63-52-34-46-43-21-10-12-25-47(43)58(40-17-6-2-7-18-40,41-19-8-3-9-20-41)48(46)35-53(52)62-50/h1-8,10-19,21-35H,9,20H2. The summed E-state index contributed by atoms with van der Waals surface area (Å²) in [6.45, 7) is 0. The number of aromatic nitrogens is 3. The summed E-state index contributed by atoms with van der Waals surface area (Å²) in [6.07, 6.45) is 8.74. The van der Waals surface area contributed by atoms with Crippen molar-refractivity contribution in [2.24, 2.45) is 0 Å². The van der Waals surface area contributed by atoms with Gasteiger partial charge in [0.15, 0.2) is 40.5 Å². The van der Waals surface area contributed by atoms with Crippen LogP contribution in [0.2, 0.25) is 0 Å². The first kappa shape index (κ1) is 36.3. The van der Waals surface area contributed by atoms with E-state index in [1.54, 1.807) is 0 Å². The molecule has 1 atom stereocenters. The molecule has 2 aromatic heterocycles. The summed E-state index contributed by atoms with van der Waals surface area (Å²) in [5.74, 6) is 4.26. The van der Waals surface area contributed by atoms with E-state index in [2.05, 4.69) is 133 Å². The predicted molar refractivity (Wildman–Crippen MR) is 254 cm³/mol. The van der Waals surface area contributed by atoms with Crippen LogP contribution in [0.25, 0.3) is 78.4 Å². The number of rotatable bonds is 6. The molecule has 3 aliphatic rings. The van der Waals surface area contributed by atoms with Crippen molar-refractivity contribution in [2.75, 3.05) is 0 Å². The Bertz CT molecular complexity index is 3560. The van der Waals surface area contributed by atoms with Crippen molar-refractivity contribution in [3.05, 3.63) is 222 Å². The third-order valence-corrected chi connectivity index (χ3v) is 13.0. The van der Waals surface area contributed by atoms with Gasteiger partial charge in [0.05, 0.1) is 5.41 Å². The van der Waals surface area contributed by atoms with Crippen LogP contribution in [-0.4, -0.2) is 15.0 Å². The van der Waals surface area contributed by atoms with Gasteiger partial charge in [-0.1, -0.05) is 169 Å². The van der Waals surface area contributed by atoms with Crippen molar-refractivity contribution in [3.8, 4) is 79.4 Å². The number of ether oxygens (including phenoxy) is 2. The molecule has 0 fully saturated rings. The van der Waals surface area contributed by atoms with Gasteiger partial charge in [0.2, 0.25) is 0 Å². The van der Waals surface area contributed by atoms with E-state index in [-0.39, 0.29) is 0 Å². The minimum atomic E-state index is -0.462. The summed E-state index contributed by atoms with van der Waals surface area (Å²) in [5, 5.41) is 2.20. The Labute approximate surface area is 369 Å². The van der Waals surface area contributed by atoms with Crippen LogP contribution in [0.5, 0.6) is 23.0 Å². The van der Waals surface area contributed by atoms with Crippen molar-refractivity contribution in [1.29, 1.82) is 0 Å². The SMILES string of the molecule is C1=CCCC(C2(c3ccccc3)c3ccccc3-c3cc4c(cc32)Oc2ccc(-c3nc(-c5ccccc5)nc(-c5ccc(-c6cccc7c6oc6ccccc67)cc5)n3)cc2O4)=C1. The number of hydrogen-bond donors (Lipinski definition) is 0. The lowest BCUT2D eigenvalue weighted by molar-refractivity contribution is 0.359. The van der Waals surface area contributed by atoms with Gasteiger partial charge in [0, 0.05) is 33.0 Å². The highest BCUT2D eigenvalue weighted by Crippen LogP contribution is 2.61. The van der Waals surface area contributed by atoms with Crippen LogP contribution in [-0.2, 0) is 5.41 Å². The lowest BCUT2D eigenvalue weighted by Gasteiger charge is -2.37. The fourth-order valence-electron chi connectivity index (χ4n) is 10.1. The zero-order valence-electron chi connectivity index (χ0n) is 34.5. The summed E-state index contributed by atoms with van der Waals surface area (Å²) in [5.41, 5.74) is 13.3. The highest BCUT2D eigenvalue weighted by atomic mass is 16.6. The molecule has 0 radical (unpaired) electrons. The number of nitrogens with zero attached hydrogens (tertiary/aromatic N) is 3. The molecule has 6 nitrogen and oxygen atoms in total. The highest BCUT2D eigenvalue weighted by Gasteiger charge is 2.48. The number of hydrogen-bond acceptors (Lipinski definition) is 6. The van der Waals surface area contributed by atoms with Crippen LogP contribution in [0.4, 0.5) is 0 Å². The second-order valence-corrected chi connectivity index (χ2v) is 16.6. The van der Waals surface area contributed by atoms with Crippen molar-refractivity contribution in [1.82, 2.24) is 15.0 Å². The van der Waals surface area contributed by atoms with Gasteiger partial charge in [-0.2, -0.15) is 0 Å². The lowest BCUT2D eigenvalue weighted by Crippen LogP contribution is -2.30. The Morgan fingerprint density at radius 3 is 1.88 bits per heavy atom. The number of para-hydroxylation sites is 2. The molecule has 1 unspecified atom stereocenters. The number of fused-ring (bicyclic) bond motifs is 8. The molecule has 10 aromatic rings. The fraction of sp³-hybridized carbons (Fsp3) is 0.0517. The third-order valence-electron chi connectivity index (χ3n) is 13.0. The molecule has 0 N–H and O–H groups in total. The molecule has 3 heterocycles. The monoisotopic (exact) mass is 823 g/mol. The van der Waals surface area contributed by atoms with Crippen molar-refractivity contribution < 1.29 is 13.9 Å². The van der Waals surface area contributed by atoms with Gasteiger partial charge in [0.1, 0.15) is 11.2 Å². The molecule has 64 heavy (non-hydrogen) atoms. The molecule has 0 spiro atoms. The Hall–Kier alpha value is -8.35. The van der Waals surface area contributed by atoms with Crippen molar-refractivity contribution in [3.63, 3.8) is 0 Å². The molecule has 0 saturated carbocycles. The Kier molecular flexibility index (Phi) is 8.15. The van der Waals surface area contributed by atoms with E-state index in [9.17, 15) is 0 Å². The fourth-order valence-corrected chi connectivity index (χ4v) is 10.1. The normalized spacial score (nSPS) is 15.7. The first-order chi connectivity index (χ1) is 31.7. The van der Waals surface area contributed by atoms with E-state index < -0.39 is 5.41 Å². The smallest absolute Gasteiger partial charge is 0.170 e. The van der Waals surface area contributed by atoms with Gasteiger partial charge in [0.25, 0.3) is 0 Å². The molecule has 302 valence electrons. The van der Waals surface area contributed by atoms with Crippen molar-refractivity contribution in [2.45, 2.75) is 18.3 Å². The zero-order valence-corrected chi connectivity index (χ0v) is 34.5. The van der Waals surface area contributed by atoms with E-state index in [1.807, 2.05) is 66.7 Å². The number of benzene rings is 8. The molecular formula is C58H37N3O3. The maximum atomic E-state index is 6.80. The second kappa shape index (κ2) is 14.4. The maximum Gasteiger partial charge on any atom is 0.170 e. The van der Waals surface area contributed by atoms with E-state index in [0.29, 0.717) is 40.5 Å². The summed E-state index contributed by atoms with van der Waals surface area (Å²) >= 11 is 0. The van der Waals surface area contributed by atoms with Crippen molar-refractivity contribution >= 4 is 21.9 Å². The molecule has 2 aliphatic carbocycles. The van der Waals surface area contributed by atoms with Gasteiger partial charge in [-0.3, -0.25) is 0 Å². The lowest BCUT2D eigenvalue weighted by atomic mass is 9.65. The molecule has 6 heteroatoms. The summed E-state index contributed by atoms with van der Waals surface area (Å²) < 4.78 is 19.9. The van der Waals surface area contributed by atoms with Gasteiger partial charge >= 0.3 is 0 Å². The van der Waals surface area contributed by atoms with E-state index in [4.69, 9.17) is 28.8 Å².